The van der Waals surface area contributed by atoms with E-state index in [1.807, 2.05) is 0 Å². The van der Waals surface area contributed by atoms with Crippen LogP contribution in [0.25, 0.3) is 10.2 Å². The number of ether oxygens (including phenoxy) is 1. The van der Waals surface area contributed by atoms with E-state index in [2.05, 4.69) is 10.3 Å². The highest BCUT2D eigenvalue weighted by Gasteiger charge is 2.24. The average Bonchev–Trinajstić information content (AvgIpc) is 3.24. The maximum atomic E-state index is 13.2. The van der Waals surface area contributed by atoms with Crippen molar-refractivity contribution in [1.29, 1.82) is 0 Å². The number of anilines is 1. The summed E-state index contributed by atoms with van der Waals surface area (Å²) in [4.78, 5) is 42.1. The Hall–Kier alpha value is -3.14. The highest BCUT2D eigenvalue weighted by molar-refractivity contribution is 7.20. The molecule has 1 N–H and O–H groups in total. The number of benzene rings is 1. The number of fused-ring (bicyclic) bond motifs is 2. The fourth-order valence-corrected chi connectivity index (χ4v) is 4.37. The number of aromatic nitrogens is 2. The van der Waals surface area contributed by atoms with Gasteiger partial charge in [-0.1, -0.05) is 0 Å². The highest BCUT2D eigenvalue weighted by Crippen LogP contribution is 2.29. The Bertz CT molecular complexity index is 1200. The lowest BCUT2D eigenvalue weighted by molar-refractivity contribution is -0.119. The topological polar surface area (TPSA) is 90.3 Å². The van der Waals surface area contributed by atoms with Crippen molar-refractivity contribution in [2.45, 2.75) is 26.3 Å². The van der Waals surface area contributed by atoms with E-state index in [-0.39, 0.29) is 16.1 Å². The molecule has 0 radical (unpaired) electrons. The molecule has 0 saturated carbocycles. The van der Waals surface area contributed by atoms with E-state index in [1.165, 1.54) is 0 Å². The second kappa shape index (κ2) is 7.36. The van der Waals surface area contributed by atoms with Gasteiger partial charge in [0.1, 0.15) is 27.2 Å². The summed E-state index contributed by atoms with van der Waals surface area (Å²) in [6.07, 6.45) is 1.57. The van der Waals surface area contributed by atoms with Crippen molar-refractivity contribution in [3.63, 3.8) is 0 Å². The van der Waals surface area contributed by atoms with Crippen LogP contribution in [0, 0.1) is 18.6 Å². The molecule has 0 bridgehead atoms. The summed E-state index contributed by atoms with van der Waals surface area (Å²) in [5, 5.41) is 2.63. The zero-order chi connectivity index (χ0) is 20.7. The van der Waals surface area contributed by atoms with Crippen LogP contribution in [-0.2, 0) is 22.5 Å². The van der Waals surface area contributed by atoms with Gasteiger partial charge in [0, 0.05) is 24.7 Å². The Morgan fingerprint density at radius 1 is 1.28 bits per heavy atom. The van der Waals surface area contributed by atoms with Crippen LogP contribution in [0.5, 0.6) is 0 Å². The van der Waals surface area contributed by atoms with Gasteiger partial charge in [0.25, 0.3) is 11.5 Å². The van der Waals surface area contributed by atoms with Crippen LogP contribution in [0.2, 0.25) is 0 Å². The molecule has 3 heterocycles. The monoisotopic (exact) mass is 419 g/mol. The molecule has 2 aromatic heterocycles. The van der Waals surface area contributed by atoms with Crippen molar-refractivity contribution >= 4 is 39.1 Å². The number of rotatable bonds is 4. The summed E-state index contributed by atoms with van der Waals surface area (Å²) in [6, 6.07) is 2.56. The molecule has 10 heteroatoms. The summed E-state index contributed by atoms with van der Waals surface area (Å²) >= 11 is 1.04. The summed E-state index contributed by atoms with van der Waals surface area (Å²) in [5.74, 6) is -2.51. The Balaban J connectivity index is 1.49. The van der Waals surface area contributed by atoms with Crippen LogP contribution < -0.4 is 10.9 Å². The van der Waals surface area contributed by atoms with Crippen LogP contribution in [0.15, 0.2) is 23.0 Å². The van der Waals surface area contributed by atoms with E-state index < -0.39 is 30.1 Å². The minimum absolute atomic E-state index is 0.0895. The fraction of sp³-hybridized carbons (Fsp3) is 0.263. The number of nitrogens with zero attached hydrogens (tertiary/aromatic N) is 2. The third-order valence-corrected chi connectivity index (χ3v) is 5.74. The lowest BCUT2D eigenvalue weighted by atomic mass is 10.2. The second-order valence-corrected chi connectivity index (χ2v) is 7.61. The lowest BCUT2D eigenvalue weighted by Gasteiger charge is -2.06. The molecular formula is C19H15F2N3O4S. The number of carbonyl (C=O) groups is 2. The SMILES string of the molecule is Cc1c(C(=O)OCC(=O)Nc2cc(F)cc(F)c2)sc2nc3n(c(=O)c12)CCC3. The molecule has 1 aromatic carbocycles. The zero-order valence-corrected chi connectivity index (χ0v) is 16.1. The van der Waals surface area contributed by atoms with Gasteiger partial charge in [0.15, 0.2) is 6.61 Å². The quantitative estimate of drug-likeness (QED) is 0.657. The van der Waals surface area contributed by atoms with Gasteiger partial charge in [-0.15, -0.1) is 11.3 Å². The summed E-state index contributed by atoms with van der Waals surface area (Å²) in [6.45, 7) is 1.59. The number of hydrogen-bond acceptors (Lipinski definition) is 6. The molecule has 0 aliphatic carbocycles. The number of aryl methyl sites for hydroxylation is 2. The maximum Gasteiger partial charge on any atom is 0.349 e. The smallest absolute Gasteiger partial charge is 0.349 e. The van der Waals surface area contributed by atoms with Crippen LogP contribution in [0.4, 0.5) is 14.5 Å². The predicted octanol–water partition coefficient (Wildman–Crippen LogP) is 2.79. The van der Waals surface area contributed by atoms with Gasteiger partial charge < -0.3 is 10.1 Å². The molecule has 3 aromatic rings. The summed E-state index contributed by atoms with van der Waals surface area (Å²) in [7, 11) is 0. The minimum atomic E-state index is -0.844. The Kier molecular flexibility index (Phi) is 4.87. The summed E-state index contributed by atoms with van der Waals surface area (Å²) < 4.78 is 33.0. The molecule has 1 aliphatic rings. The first-order chi connectivity index (χ1) is 13.8. The number of carbonyl (C=O) groups excluding carboxylic acids is 2. The van der Waals surface area contributed by atoms with Crippen molar-refractivity contribution in [1.82, 2.24) is 9.55 Å². The Morgan fingerprint density at radius 2 is 2.00 bits per heavy atom. The number of esters is 1. The van der Waals surface area contributed by atoms with Crippen LogP contribution in [0.1, 0.15) is 27.5 Å². The van der Waals surface area contributed by atoms with E-state index in [1.54, 1.807) is 11.5 Å². The van der Waals surface area contributed by atoms with Crippen LogP contribution in [-0.4, -0.2) is 28.0 Å². The van der Waals surface area contributed by atoms with Crippen molar-refractivity contribution in [3.05, 3.63) is 56.5 Å². The number of thiophene rings is 1. The molecule has 1 aliphatic heterocycles. The molecule has 29 heavy (non-hydrogen) atoms. The fourth-order valence-electron chi connectivity index (χ4n) is 3.29. The number of amides is 1. The standard InChI is InChI=1S/C19H15F2N3O4S/c1-9-15-17(23-13-3-2-4-24(13)18(15)26)29-16(9)19(27)28-8-14(25)22-12-6-10(20)5-11(21)7-12/h5-7H,2-4,8H2,1H3,(H,22,25). The van der Waals surface area contributed by atoms with Gasteiger partial charge in [-0.2, -0.15) is 0 Å². The first-order valence-corrected chi connectivity index (χ1v) is 9.61. The molecule has 7 nitrogen and oxygen atoms in total. The van der Waals surface area contributed by atoms with Gasteiger partial charge in [-0.05, 0) is 31.0 Å². The highest BCUT2D eigenvalue weighted by atomic mass is 32.1. The molecule has 0 fully saturated rings. The molecule has 4 rings (SSSR count). The van der Waals surface area contributed by atoms with E-state index >= 15 is 0 Å². The van der Waals surface area contributed by atoms with E-state index in [9.17, 15) is 23.2 Å². The molecule has 0 saturated heterocycles. The second-order valence-electron chi connectivity index (χ2n) is 6.61. The Morgan fingerprint density at radius 3 is 2.72 bits per heavy atom. The first kappa shape index (κ1) is 19.2. The van der Waals surface area contributed by atoms with E-state index in [4.69, 9.17) is 4.74 Å². The average molecular weight is 419 g/mol. The molecular weight excluding hydrogens is 404 g/mol. The zero-order valence-electron chi connectivity index (χ0n) is 15.3. The number of halogens is 2. The van der Waals surface area contributed by atoms with Gasteiger partial charge in [-0.3, -0.25) is 14.2 Å². The Labute approximate surface area is 166 Å². The van der Waals surface area contributed by atoms with Crippen LogP contribution in [0.3, 0.4) is 0 Å². The largest absolute Gasteiger partial charge is 0.451 e. The van der Waals surface area contributed by atoms with E-state index in [0.29, 0.717) is 40.6 Å². The van der Waals surface area contributed by atoms with Gasteiger partial charge >= 0.3 is 5.97 Å². The summed E-state index contributed by atoms with van der Waals surface area (Å²) in [5.41, 5.74) is 0.191. The first-order valence-electron chi connectivity index (χ1n) is 8.79. The molecule has 0 spiro atoms. The molecule has 0 atom stereocenters. The van der Waals surface area contributed by atoms with E-state index in [0.717, 1.165) is 29.9 Å². The normalized spacial score (nSPS) is 12.8. The molecule has 1 amide bonds. The van der Waals surface area contributed by atoms with Crippen LogP contribution >= 0.6 is 11.3 Å². The van der Waals surface area contributed by atoms with Crippen molar-refractivity contribution in [2.75, 3.05) is 11.9 Å². The number of nitrogens with one attached hydrogen (secondary N) is 1. The minimum Gasteiger partial charge on any atom is -0.451 e. The van der Waals surface area contributed by atoms with Crippen molar-refractivity contribution in [3.8, 4) is 0 Å². The van der Waals surface area contributed by atoms with Gasteiger partial charge in [-0.25, -0.2) is 18.6 Å². The molecule has 150 valence electrons. The van der Waals surface area contributed by atoms with Gasteiger partial charge in [0.2, 0.25) is 0 Å². The number of hydrogen-bond donors (Lipinski definition) is 1. The third-order valence-electron chi connectivity index (χ3n) is 4.58. The maximum absolute atomic E-state index is 13.2. The van der Waals surface area contributed by atoms with Gasteiger partial charge in [0.05, 0.1) is 5.39 Å². The van der Waals surface area contributed by atoms with Crippen molar-refractivity contribution < 1.29 is 23.1 Å². The molecule has 0 unspecified atom stereocenters. The van der Waals surface area contributed by atoms with Crippen molar-refractivity contribution in [2.24, 2.45) is 0 Å². The third kappa shape index (κ3) is 3.63. The predicted molar refractivity (Wildman–Crippen MR) is 102 cm³/mol. The lowest BCUT2D eigenvalue weighted by Crippen LogP contribution is -2.21.